The van der Waals surface area contributed by atoms with Crippen molar-refractivity contribution >= 4 is 11.9 Å². The van der Waals surface area contributed by atoms with Crippen LogP contribution < -0.4 is 0 Å². The summed E-state index contributed by atoms with van der Waals surface area (Å²) in [6, 6.07) is 0. The molecule has 84 valence electrons. The van der Waals surface area contributed by atoms with Crippen molar-refractivity contribution in [3.63, 3.8) is 0 Å². The fraction of sp³-hybridized carbons (Fsp3) is 0.778. The quantitative estimate of drug-likeness (QED) is 0.649. The van der Waals surface area contributed by atoms with Crippen molar-refractivity contribution < 1.29 is 19.4 Å². The van der Waals surface area contributed by atoms with Gasteiger partial charge < -0.3 is 9.84 Å². The molecule has 0 saturated carbocycles. The van der Waals surface area contributed by atoms with E-state index in [-0.39, 0.29) is 12.3 Å². The Morgan fingerprint density at radius 1 is 1.40 bits per heavy atom. The molecule has 1 atom stereocenters. The molecule has 1 N–H and O–H groups in total. The highest BCUT2D eigenvalue weighted by atomic mass is 16.5. The lowest BCUT2D eigenvalue weighted by molar-refractivity contribution is -0.150. The topological polar surface area (TPSA) is 70.1 Å². The smallest absolute Gasteiger partial charge is 0.308 e. The van der Waals surface area contributed by atoms with Crippen LogP contribution in [0.25, 0.3) is 0 Å². The van der Waals surface area contributed by atoms with Crippen LogP contribution in [0, 0.1) is 5.92 Å². The Labute approximate surface area is 87.4 Å². The monoisotopic (exact) mass is 214 g/mol. The minimum Gasteiger partial charge on any atom is -0.481 e. The zero-order valence-corrected chi connectivity index (χ0v) is 8.39. The number of carbonyl (C=O) groups is 2. The van der Waals surface area contributed by atoms with Gasteiger partial charge in [0.15, 0.2) is 0 Å². The maximum Gasteiger partial charge on any atom is 0.308 e. The summed E-state index contributed by atoms with van der Waals surface area (Å²) in [6.07, 6.45) is 0.118. The summed E-state index contributed by atoms with van der Waals surface area (Å²) in [6.45, 7) is 2.83. The molecule has 6 nitrogen and oxygen atoms in total. The van der Waals surface area contributed by atoms with Crippen molar-refractivity contribution in [3.8, 4) is 0 Å². The summed E-state index contributed by atoms with van der Waals surface area (Å²) in [7, 11) is 0. The van der Waals surface area contributed by atoms with E-state index in [0.29, 0.717) is 32.8 Å². The number of hydrazine groups is 1. The van der Waals surface area contributed by atoms with Gasteiger partial charge in [0, 0.05) is 19.5 Å². The Bertz CT molecular complexity index is 275. The zero-order chi connectivity index (χ0) is 10.8. The minimum atomic E-state index is -0.890. The highest BCUT2D eigenvalue weighted by Gasteiger charge is 2.37. The number of carbonyl (C=O) groups excluding carboxylic acids is 1. The molecule has 2 aliphatic heterocycles. The van der Waals surface area contributed by atoms with Gasteiger partial charge in [-0.05, 0) is 0 Å². The molecule has 2 aliphatic rings. The van der Waals surface area contributed by atoms with Crippen molar-refractivity contribution in [2.24, 2.45) is 5.92 Å². The van der Waals surface area contributed by atoms with Crippen molar-refractivity contribution in [3.05, 3.63) is 0 Å². The zero-order valence-electron chi connectivity index (χ0n) is 8.39. The van der Waals surface area contributed by atoms with E-state index in [1.165, 1.54) is 0 Å². The summed E-state index contributed by atoms with van der Waals surface area (Å²) in [4.78, 5) is 22.3. The Balaban J connectivity index is 1.97. The summed E-state index contributed by atoms with van der Waals surface area (Å²) >= 11 is 0. The fourth-order valence-electron chi connectivity index (χ4n) is 1.93. The predicted octanol–water partition coefficient (Wildman–Crippen LogP) is -0.833. The van der Waals surface area contributed by atoms with E-state index in [2.05, 4.69) is 0 Å². The van der Waals surface area contributed by atoms with Crippen LogP contribution in [0.1, 0.15) is 6.42 Å². The van der Waals surface area contributed by atoms with E-state index in [1.807, 2.05) is 5.01 Å². The Kier molecular flexibility index (Phi) is 2.88. The number of ether oxygens (including phenoxy) is 1. The maximum atomic E-state index is 11.6. The molecule has 6 heteroatoms. The molecule has 2 saturated heterocycles. The first-order valence-electron chi connectivity index (χ1n) is 5.04. The highest BCUT2D eigenvalue weighted by Crippen LogP contribution is 2.20. The molecule has 0 bridgehead atoms. The van der Waals surface area contributed by atoms with Gasteiger partial charge in [0.25, 0.3) is 0 Å². The first-order valence-corrected chi connectivity index (χ1v) is 5.04. The third-order valence-electron chi connectivity index (χ3n) is 2.78. The van der Waals surface area contributed by atoms with Crippen LogP contribution in [0.2, 0.25) is 0 Å². The number of amides is 1. The van der Waals surface area contributed by atoms with Crippen molar-refractivity contribution in [1.82, 2.24) is 10.0 Å². The molecule has 2 heterocycles. The number of hydrogen-bond donors (Lipinski definition) is 1. The van der Waals surface area contributed by atoms with Gasteiger partial charge in [-0.25, -0.2) is 5.01 Å². The third-order valence-corrected chi connectivity index (χ3v) is 2.78. The SMILES string of the molecule is O=C(O)C1CC(=O)N(N2CCOCC2)C1. The molecule has 0 aromatic carbocycles. The number of carboxylic acids is 1. The lowest BCUT2D eigenvalue weighted by Gasteiger charge is -2.34. The summed E-state index contributed by atoms with van der Waals surface area (Å²) < 4.78 is 5.17. The van der Waals surface area contributed by atoms with Crippen LogP contribution >= 0.6 is 0 Å². The number of nitrogens with zero attached hydrogens (tertiary/aromatic N) is 2. The number of morpholine rings is 1. The van der Waals surface area contributed by atoms with Gasteiger partial charge in [-0.2, -0.15) is 0 Å². The van der Waals surface area contributed by atoms with Gasteiger partial charge in [-0.3, -0.25) is 14.6 Å². The molecule has 2 rings (SSSR count). The van der Waals surface area contributed by atoms with Gasteiger partial charge in [-0.1, -0.05) is 0 Å². The molecule has 0 aromatic heterocycles. The van der Waals surface area contributed by atoms with Gasteiger partial charge >= 0.3 is 5.97 Å². The molecule has 0 aromatic rings. The average molecular weight is 214 g/mol. The average Bonchev–Trinajstić information content (AvgIpc) is 2.62. The molecule has 0 spiro atoms. The number of aliphatic carboxylic acids is 1. The molecule has 2 fully saturated rings. The highest BCUT2D eigenvalue weighted by molar-refractivity contribution is 5.85. The molecule has 15 heavy (non-hydrogen) atoms. The van der Waals surface area contributed by atoms with E-state index in [4.69, 9.17) is 9.84 Å². The van der Waals surface area contributed by atoms with Crippen LogP contribution in [-0.4, -0.2) is 59.8 Å². The van der Waals surface area contributed by atoms with Crippen LogP contribution in [0.5, 0.6) is 0 Å². The van der Waals surface area contributed by atoms with Gasteiger partial charge in [0.1, 0.15) is 0 Å². The normalized spacial score (nSPS) is 28.4. The Hall–Kier alpha value is -1.14. The van der Waals surface area contributed by atoms with Gasteiger partial charge in [0.05, 0.1) is 25.7 Å². The fourth-order valence-corrected chi connectivity index (χ4v) is 1.93. The van der Waals surface area contributed by atoms with E-state index in [9.17, 15) is 9.59 Å². The number of hydrogen-bond acceptors (Lipinski definition) is 4. The predicted molar refractivity (Wildman–Crippen MR) is 49.8 cm³/mol. The first kappa shape index (κ1) is 10.4. The Morgan fingerprint density at radius 2 is 2.07 bits per heavy atom. The first-order chi connectivity index (χ1) is 7.18. The summed E-state index contributed by atoms with van der Waals surface area (Å²) in [5.41, 5.74) is 0. The second-order valence-electron chi connectivity index (χ2n) is 3.78. The van der Waals surface area contributed by atoms with E-state index in [0.717, 1.165) is 0 Å². The number of carboxylic acid groups (broad SMARTS) is 1. The van der Waals surface area contributed by atoms with E-state index >= 15 is 0 Å². The lowest BCUT2D eigenvalue weighted by Crippen LogP contribution is -2.49. The van der Waals surface area contributed by atoms with Crippen LogP contribution in [0.4, 0.5) is 0 Å². The van der Waals surface area contributed by atoms with Crippen molar-refractivity contribution in [1.29, 1.82) is 0 Å². The van der Waals surface area contributed by atoms with Crippen molar-refractivity contribution in [2.75, 3.05) is 32.8 Å². The molecule has 1 amide bonds. The molecule has 0 radical (unpaired) electrons. The second-order valence-corrected chi connectivity index (χ2v) is 3.78. The van der Waals surface area contributed by atoms with Crippen LogP contribution in [-0.2, 0) is 14.3 Å². The van der Waals surface area contributed by atoms with Crippen LogP contribution in [0.15, 0.2) is 0 Å². The largest absolute Gasteiger partial charge is 0.481 e. The Morgan fingerprint density at radius 3 is 2.60 bits per heavy atom. The molecular weight excluding hydrogens is 200 g/mol. The van der Waals surface area contributed by atoms with E-state index < -0.39 is 11.9 Å². The second kappa shape index (κ2) is 4.16. The van der Waals surface area contributed by atoms with Crippen molar-refractivity contribution in [2.45, 2.75) is 6.42 Å². The molecule has 1 unspecified atom stereocenters. The van der Waals surface area contributed by atoms with Gasteiger partial charge in [0.2, 0.25) is 5.91 Å². The minimum absolute atomic E-state index is 0.0932. The molecule has 0 aliphatic carbocycles. The maximum absolute atomic E-state index is 11.6. The van der Waals surface area contributed by atoms with Gasteiger partial charge in [-0.15, -0.1) is 0 Å². The standard InChI is InChI=1S/C9H14N2O4/c12-8-5-7(9(13)14)6-11(8)10-1-3-15-4-2-10/h7H,1-6H2,(H,13,14). The summed E-state index contributed by atoms with van der Waals surface area (Å²) in [5.74, 6) is -1.54. The molecular formula is C9H14N2O4. The summed E-state index contributed by atoms with van der Waals surface area (Å²) in [5, 5.41) is 12.3. The lowest BCUT2D eigenvalue weighted by atomic mass is 10.1. The third kappa shape index (κ3) is 2.10. The van der Waals surface area contributed by atoms with Crippen LogP contribution in [0.3, 0.4) is 0 Å². The van der Waals surface area contributed by atoms with E-state index in [1.54, 1.807) is 5.01 Å². The number of rotatable bonds is 2.